The summed E-state index contributed by atoms with van der Waals surface area (Å²) >= 11 is 0. The van der Waals surface area contributed by atoms with Gasteiger partial charge in [0.05, 0.1) is 13.7 Å². The molecule has 1 saturated carbocycles. The standard InChI is InChI=1S/C17H31NO4/c1-3-4-5-9-12-22-17(20)18-15(16(19)21-2)13-14-10-7-6-8-11-14/h14-15H,3-13H2,1-2H3,(H,18,20)/t15-/m0/s1. The van der Waals surface area contributed by atoms with Crippen LogP contribution in [0, 0.1) is 5.92 Å². The molecular weight excluding hydrogens is 282 g/mol. The van der Waals surface area contributed by atoms with E-state index in [4.69, 9.17) is 9.47 Å². The van der Waals surface area contributed by atoms with Crippen molar-refractivity contribution in [1.82, 2.24) is 5.32 Å². The zero-order chi connectivity index (χ0) is 16.2. The Hall–Kier alpha value is -1.26. The molecule has 1 atom stereocenters. The summed E-state index contributed by atoms with van der Waals surface area (Å²) in [5.41, 5.74) is 0. The number of alkyl carbamates (subject to hydrolysis) is 1. The highest BCUT2D eigenvalue weighted by atomic mass is 16.6. The van der Waals surface area contributed by atoms with Crippen LogP contribution in [0.3, 0.4) is 0 Å². The largest absolute Gasteiger partial charge is 0.467 e. The highest BCUT2D eigenvalue weighted by molar-refractivity contribution is 5.81. The summed E-state index contributed by atoms with van der Waals surface area (Å²) in [4.78, 5) is 23.7. The normalized spacial score (nSPS) is 16.8. The van der Waals surface area contributed by atoms with Crippen LogP contribution in [-0.4, -0.2) is 31.8 Å². The maximum absolute atomic E-state index is 11.8. The average molecular weight is 313 g/mol. The zero-order valence-corrected chi connectivity index (χ0v) is 14.1. The van der Waals surface area contributed by atoms with Crippen molar-refractivity contribution in [3.8, 4) is 0 Å². The predicted molar refractivity (Wildman–Crippen MR) is 85.6 cm³/mol. The Kier molecular flexibility index (Phi) is 9.67. The van der Waals surface area contributed by atoms with E-state index in [1.165, 1.54) is 26.4 Å². The Labute approximate surface area is 134 Å². The van der Waals surface area contributed by atoms with Gasteiger partial charge >= 0.3 is 12.1 Å². The molecule has 128 valence electrons. The fourth-order valence-corrected chi connectivity index (χ4v) is 2.99. The van der Waals surface area contributed by atoms with E-state index in [2.05, 4.69) is 12.2 Å². The molecule has 1 amide bonds. The van der Waals surface area contributed by atoms with E-state index in [1.807, 2.05) is 0 Å². The SMILES string of the molecule is CCCCCCOC(=O)N[C@@H](CC1CCCCC1)C(=O)OC. The van der Waals surface area contributed by atoms with Gasteiger partial charge in [-0.25, -0.2) is 9.59 Å². The van der Waals surface area contributed by atoms with E-state index in [9.17, 15) is 9.59 Å². The fourth-order valence-electron chi connectivity index (χ4n) is 2.99. The van der Waals surface area contributed by atoms with E-state index >= 15 is 0 Å². The van der Waals surface area contributed by atoms with Crippen molar-refractivity contribution in [2.75, 3.05) is 13.7 Å². The third kappa shape index (κ3) is 7.66. The summed E-state index contributed by atoms with van der Waals surface area (Å²) in [6.45, 7) is 2.54. The summed E-state index contributed by atoms with van der Waals surface area (Å²) in [5.74, 6) is 0.108. The van der Waals surface area contributed by atoms with Gasteiger partial charge in [0.1, 0.15) is 6.04 Å². The van der Waals surface area contributed by atoms with Crippen LogP contribution in [0.2, 0.25) is 0 Å². The summed E-state index contributed by atoms with van der Waals surface area (Å²) in [6.07, 6.45) is 10.3. The molecule has 0 spiro atoms. The molecule has 1 aliphatic rings. The van der Waals surface area contributed by atoms with Gasteiger partial charge in [0.25, 0.3) is 0 Å². The highest BCUT2D eigenvalue weighted by Crippen LogP contribution is 2.27. The third-order valence-corrected chi connectivity index (χ3v) is 4.30. The summed E-state index contributed by atoms with van der Waals surface area (Å²) in [5, 5.41) is 2.67. The van der Waals surface area contributed by atoms with E-state index in [0.717, 1.165) is 38.5 Å². The van der Waals surface area contributed by atoms with Crippen LogP contribution >= 0.6 is 0 Å². The molecule has 0 bridgehead atoms. The number of hydrogen-bond donors (Lipinski definition) is 1. The second kappa shape index (κ2) is 11.3. The fraction of sp³-hybridized carbons (Fsp3) is 0.882. The van der Waals surface area contributed by atoms with E-state index < -0.39 is 12.1 Å². The molecule has 1 fully saturated rings. The molecule has 1 N–H and O–H groups in total. The van der Waals surface area contributed by atoms with Gasteiger partial charge in [-0.3, -0.25) is 0 Å². The minimum atomic E-state index is -0.587. The molecule has 0 unspecified atom stereocenters. The topological polar surface area (TPSA) is 64.6 Å². The second-order valence-corrected chi connectivity index (χ2v) is 6.16. The van der Waals surface area contributed by atoms with Crippen molar-refractivity contribution in [1.29, 1.82) is 0 Å². The lowest BCUT2D eigenvalue weighted by Gasteiger charge is -2.25. The lowest BCUT2D eigenvalue weighted by Crippen LogP contribution is -2.43. The number of nitrogens with one attached hydrogen (secondary N) is 1. The number of rotatable bonds is 9. The third-order valence-electron chi connectivity index (χ3n) is 4.30. The summed E-state index contributed by atoms with van der Waals surface area (Å²) in [7, 11) is 1.36. The van der Waals surface area contributed by atoms with Crippen LogP contribution < -0.4 is 5.32 Å². The highest BCUT2D eigenvalue weighted by Gasteiger charge is 2.26. The minimum absolute atomic E-state index is 0.381. The van der Waals surface area contributed by atoms with Crippen molar-refractivity contribution < 1.29 is 19.1 Å². The molecule has 0 heterocycles. The van der Waals surface area contributed by atoms with Crippen molar-refractivity contribution in [3.05, 3.63) is 0 Å². The van der Waals surface area contributed by atoms with Crippen LogP contribution in [0.5, 0.6) is 0 Å². The smallest absolute Gasteiger partial charge is 0.407 e. The Bertz CT molecular complexity index is 327. The minimum Gasteiger partial charge on any atom is -0.467 e. The van der Waals surface area contributed by atoms with Gasteiger partial charge in [-0.2, -0.15) is 0 Å². The van der Waals surface area contributed by atoms with Crippen LogP contribution in [-0.2, 0) is 14.3 Å². The Morgan fingerprint density at radius 2 is 1.86 bits per heavy atom. The van der Waals surface area contributed by atoms with Crippen LogP contribution in [0.4, 0.5) is 4.79 Å². The number of carbonyl (C=O) groups excluding carboxylic acids is 2. The van der Waals surface area contributed by atoms with Gasteiger partial charge in [-0.15, -0.1) is 0 Å². The average Bonchev–Trinajstić information content (AvgIpc) is 2.54. The van der Waals surface area contributed by atoms with E-state index in [1.54, 1.807) is 0 Å². The first-order valence-corrected chi connectivity index (χ1v) is 8.68. The van der Waals surface area contributed by atoms with E-state index in [0.29, 0.717) is 18.9 Å². The molecular formula is C17H31NO4. The first-order chi connectivity index (χ1) is 10.7. The van der Waals surface area contributed by atoms with Gasteiger partial charge in [0.2, 0.25) is 0 Å². The number of carbonyl (C=O) groups is 2. The maximum atomic E-state index is 11.8. The number of methoxy groups -OCH3 is 1. The maximum Gasteiger partial charge on any atom is 0.407 e. The van der Waals surface area contributed by atoms with Crippen LogP contribution in [0.1, 0.15) is 71.1 Å². The number of hydrogen-bond acceptors (Lipinski definition) is 4. The molecule has 0 aromatic heterocycles. The Morgan fingerprint density at radius 3 is 2.50 bits per heavy atom. The van der Waals surface area contributed by atoms with Crippen molar-refractivity contribution in [3.63, 3.8) is 0 Å². The molecule has 1 aliphatic carbocycles. The lowest BCUT2D eigenvalue weighted by molar-refractivity contribution is -0.143. The first kappa shape index (κ1) is 18.8. The Morgan fingerprint density at radius 1 is 1.14 bits per heavy atom. The van der Waals surface area contributed by atoms with Crippen molar-refractivity contribution in [2.45, 2.75) is 77.2 Å². The molecule has 0 aromatic carbocycles. The van der Waals surface area contributed by atoms with Gasteiger partial charge in [-0.1, -0.05) is 58.3 Å². The second-order valence-electron chi connectivity index (χ2n) is 6.16. The van der Waals surface area contributed by atoms with Crippen molar-refractivity contribution >= 4 is 12.1 Å². The first-order valence-electron chi connectivity index (χ1n) is 8.68. The van der Waals surface area contributed by atoms with Gasteiger partial charge in [-0.05, 0) is 18.8 Å². The van der Waals surface area contributed by atoms with Crippen LogP contribution in [0.15, 0.2) is 0 Å². The molecule has 5 nitrogen and oxygen atoms in total. The monoisotopic (exact) mass is 313 g/mol. The van der Waals surface area contributed by atoms with Gasteiger partial charge in [0, 0.05) is 0 Å². The number of unbranched alkanes of at least 4 members (excludes halogenated alkanes) is 3. The van der Waals surface area contributed by atoms with Gasteiger partial charge in [0.15, 0.2) is 0 Å². The molecule has 0 saturated heterocycles. The van der Waals surface area contributed by atoms with Crippen LogP contribution in [0.25, 0.3) is 0 Å². The molecule has 5 heteroatoms. The van der Waals surface area contributed by atoms with Gasteiger partial charge < -0.3 is 14.8 Å². The molecule has 0 aliphatic heterocycles. The number of amides is 1. The zero-order valence-electron chi connectivity index (χ0n) is 14.1. The lowest BCUT2D eigenvalue weighted by atomic mass is 9.85. The quantitative estimate of drug-likeness (QED) is 0.519. The summed E-state index contributed by atoms with van der Waals surface area (Å²) < 4.78 is 9.95. The number of esters is 1. The predicted octanol–water partition coefficient (Wildman–Crippen LogP) is 3.80. The Balaban J connectivity index is 2.33. The van der Waals surface area contributed by atoms with E-state index in [-0.39, 0.29) is 5.97 Å². The molecule has 1 rings (SSSR count). The molecule has 0 aromatic rings. The molecule has 22 heavy (non-hydrogen) atoms. The number of ether oxygens (including phenoxy) is 2. The van der Waals surface area contributed by atoms with Crippen molar-refractivity contribution in [2.24, 2.45) is 5.92 Å². The summed E-state index contributed by atoms with van der Waals surface area (Å²) in [6, 6.07) is -0.587. The molecule has 0 radical (unpaired) electrons.